The lowest BCUT2D eigenvalue weighted by atomic mass is 10.0. The summed E-state index contributed by atoms with van der Waals surface area (Å²) in [6.45, 7) is 6.11. The second kappa shape index (κ2) is 7.77. The number of carbonyl (C=O) groups is 1. The zero-order valence-corrected chi connectivity index (χ0v) is 14.0. The molecule has 0 bridgehead atoms. The standard InChI is InChI=1S/C14H21ClN2O3S/c1-4-16-14(18)13(9-10(2)3)17-21(19,20)12-7-5-11(15)6-8-12/h5-8,10,13,17H,4,9H2,1-3H3,(H,16,18)/t13-/m1/s1. The maximum Gasteiger partial charge on any atom is 0.241 e. The number of nitrogens with one attached hydrogen (secondary N) is 2. The average molecular weight is 333 g/mol. The highest BCUT2D eigenvalue weighted by Gasteiger charge is 2.26. The Morgan fingerprint density at radius 2 is 1.81 bits per heavy atom. The Hall–Kier alpha value is -1.11. The fraction of sp³-hybridized carbons (Fsp3) is 0.500. The molecule has 0 radical (unpaired) electrons. The maximum absolute atomic E-state index is 12.3. The van der Waals surface area contributed by atoms with E-state index in [0.717, 1.165) is 0 Å². The number of hydrogen-bond acceptors (Lipinski definition) is 3. The molecule has 0 aromatic heterocycles. The van der Waals surface area contributed by atoms with Crippen LogP contribution in [0.1, 0.15) is 27.2 Å². The van der Waals surface area contributed by atoms with Gasteiger partial charge in [-0.2, -0.15) is 4.72 Å². The largest absolute Gasteiger partial charge is 0.355 e. The number of benzene rings is 1. The molecular weight excluding hydrogens is 312 g/mol. The third-order valence-corrected chi connectivity index (χ3v) is 4.54. The summed E-state index contributed by atoms with van der Waals surface area (Å²) < 4.78 is 27.1. The third kappa shape index (κ3) is 5.65. The molecule has 1 rings (SSSR count). The van der Waals surface area contributed by atoms with Crippen LogP contribution in [0.15, 0.2) is 29.2 Å². The van der Waals surface area contributed by atoms with Gasteiger partial charge in [0.1, 0.15) is 6.04 Å². The molecule has 1 amide bonds. The molecule has 118 valence electrons. The molecule has 1 aromatic carbocycles. The number of rotatable bonds is 7. The van der Waals surface area contributed by atoms with Crippen LogP contribution in [-0.4, -0.2) is 26.9 Å². The average Bonchev–Trinajstić information content (AvgIpc) is 2.38. The second-order valence-corrected chi connectivity index (χ2v) is 7.30. The summed E-state index contributed by atoms with van der Waals surface area (Å²) in [5.41, 5.74) is 0. The molecule has 1 aromatic rings. The van der Waals surface area contributed by atoms with E-state index in [-0.39, 0.29) is 16.7 Å². The van der Waals surface area contributed by atoms with Gasteiger partial charge in [-0.05, 0) is 43.5 Å². The number of hydrogen-bond donors (Lipinski definition) is 2. The first-order valence-corrected chi connectivity index (χ1v) is 8.68. The van der Waals surface area contributed by atoms with Crippen molar-refractivity contribution in [1.29, 1.82) is 0 Å². The highest BCUT2D eigenvalue weighted by atomic mass is 35.5. The van der Waals surface area contributed by atoms with E-state index in [1.165, 1.54) is 24.3 Å². The quantitative estimate of drug-likeness (QED) is 0.803. The number of halogens is 1. The lowest BCUT2D eigenvalue weighted by Crippen LogP contribution is -2.47. The summed E-state index contributed by atoms with van der Waals surface area (Å²) >= 11 is 5.75. The predicted molar refractivity (Wildman–Crippen MR) is 83.7 cm³/mol. The van der Waals surface area contributed by atoms with Crippen LogP contribution in [0.5, 0.6) is 0 Å². The van der Waals surface area contributed by atoms with Gasteiger partial charge in [0.05, 0.1) is 4.90 Å². The zero-order chi connectivity index (χ0) is 16.0. The molecule has 1 atom stereocenters. The number of carbonyl (C=O) groups excluding carboxylic acids is 1. The van der Waals surface area contributed by atoms with Gasteiger partial charge < -0.3 is 5.32 Å². The molecule has 7 heteroatoms. The topological polar surface area (TPSA) is 75.3 Å². The Kier molecular flexibility index (Phi) is 6.64. The number of sulfonamides is 1. The Morgan fingerprint density at radius 3 is 2.29 bits per heavy atom. The van der Waals surface area contributed by atoms with Crippen LogP contribution in [0.4, 0.5) is 0 Å². The SMILES string of the molecule is CCNC(=O)[C@@H](CC(C)C)NS(=O)(=O)c1ccc(Cl)cc1. The maximum atomic E-state index is 12.3. The molecule has 0 spiro atoms. The van der Waals surface area contributed by atoms with E-state index in [0.29, 0.717) is 18.0 Å². The van der Waals surface area contributed by atoms with Gasteiger partial charge in [0.2, 0.25) is 15.9 Å². The van der Waals surface area contributed by atoms with Crippen molar-refractivity contribution in [1.82, 2.24) is 10.0 Å². The summed E-state index contributed by atoms with van der Waals surface area (Å²) in [4.78, 5) is 12.1. The minimum absolute atomic E-state index is 0.0879. The number of amides is 1. The van der Waals surface area contributed by atoms with E-state index in [4.69, 9.17) is 11.6 Å². The van der Waals surface area contributed by atoms with E-state index in [2.05, 4.69) is 10.0 Å². The number of likely N-dealkylation sites (N-methyl/N-ethyl adjacent to an activating group) is 1. The monoisotopic (exact) mass is 332 g/mol. The van der Waals surface area contributed by atoms with Gasteiger partial charge in [0.15, 0.2) is 0 Å². The van der Waals surface area contributed by atoms with Crippen LogP contribution in [0.3, 0.4) is 0 Å². The normalized spacial score (nSPS) is 13.2. The molecule has 21 heavy (non-hydrogen) atoms. The van der Waals surface area contributed by atoms with Crippen molar-refractivity contribution >= 4 is 27.5 Å². The summed E-state index contributed by atoms with van der Waals surface area (Å²) in [7, 11) is -3.75. The van der Waals surface area contributed by atoms with Crippen molar-refractivity contribution in [2.75, 3.05) is 6.54 Å². The van der Waals surface area contributed by atoms with Crippen molar-refractivity contribution in [3.8, 4) is 0 Å². The Bertz CT molecular complexity index is 570. The van der Waals surface area contributed by atoms with E-state index >= 15 is 0 Å². The van der Waals surface area contributed by atoms with Crippen LogP contribution in [-0.2, 0) is 14.8 Å². The van der Waals surface area contributed by atoms with Crippen LogP contribution >= 0.6 is 11.6 Å². The van der Waals surface area contributed by atoms with Crippen molar-refractivity contribution in [2.24, 2.45) is 5.92 Å². The van der Waals surface area contributed by atoms with Crippen molar-refractivity contribution in [3.63, 3.8) is 0 Å². The molecule has 0 saturated heterocycles. The molecule has 0 unspecified atom stereocenters. The first-order valence-electron chi connectivity index (χ1n) is 6.82. The fourth-order valence-corrected chi connectivity index (χ4v) is 3.18. The van der Waals surface area contributed by atoms with Crippen LogP contribution < -0.4 is 10.0 Å². The van der Waals surface area contributed by atoms with Crippen LogP contribution in [0, 0.1) is 5.92 Å². The summed E-state index contributed by atoms with van der Waals surface area (Å²) in [6.07, 6.45) is 0.429. The molecule has 5 nitrogen and oxygen atoms in total. The van der Waals surface area contributed by atoms with E-state index in [1.54, 1.807) is 6.92 Å². The van der Waals surface area contributed by atoms with Gasteiger partial charge in [-0.15, -0.1) is 0 Å². The van der Waals surface area contributed by atoms with Gasteiger partial charge in [-0.3, -0.25) is 4.79 Å². The van der Waals surface area contributed by atoms with Crippen molar-refractivity contribution in [2.45, 2.75) is 38.1 Å². The minimum atomic E-state index is -3.75. The highest BCUT2D eigenvalue weighted by Crippen LogP contribution is 2.15. The summed E-state index contributed by atoms with van der Waals surface area (Å²) in [6, 6.07) is 5.04. The van der Waals surface area contributed by atoms with Crippen LogP contribution in [0.25, 0.3) is 0 Å². The molecule has 0 saturated carbocycles. The molecule has 0 heterocycles. The molecule has 0 aliphatic carbocycles. The van der Waals surface area contributed by atoms with Crippen molar-refractivity contribution < 1.29 is 13.2 Å². The van der Waals surface area contributed by atoms with Gasteiger partial charge in [0, 0.05) is 11.6 Å². The Morgan fingerprint density at radius 1 is 1.24 bits per heavy atom. The lowest BCUT2D eigenvalue weighted by molar-refractivity contribution is -0.122. The van der Waals surface area contributed by atoms with Gasteiger partial charge >= 0.3 is 0 Å². The first-order chi connectivity index (χ1) is 9.76. The molecule has 0 aliphatic rings. The smallest absolute Gasteiger partial charge is 0.241 e. The second-order valence-electron chi connectivity index (χ2n) is 5.15. The lowest BCUT2D eigenvalue weighted by Gasteiger charge is -2.19. The van der Waals surface area contributed by atoms with E-state index in [9.17, 15) is 13.2 Å². The van der Waals surface area contributed by atoms with Gasteiger partial charge in [-0.25, -0.2) is 8.42 Å². The summed E-state index contributed by atoms with van der Waals surface area (Å²) in [5.74, 6) is -0.130. The molecule has 2 N–H and O–H groups in total. The third-order valence-electron chi connectivity index (χ3n) is 2.80. The Balaban J connectivity index is 2.95. The fourth-order valence-electron chi connectivity index (χ4n) is 1.85. The molecule has 0 fully saturated rings. The first kappa shape index (κ1) is 17.9. The van der Waals surface area contributed by atoms with Crippen molar-refractivity contribution in [3.05, 3.63) is 29.3 Å². The highest BCUT2D eigenvalue weighted by molar-refractivity contribution is 7.89. The van der Waals surface area contributed by atoms with Crippen LogP contribution in [0.2, 0.25) is 5.02 Å². The predicted octanol–water partition coefficient (Wildman–Crippen LogP) is 2.17. The molecular formula is C14H21ClN2O3S. The Labute approximate surface area is 131 Å². The zero-order valence-electron chi connectivity index (χ0n) is 12.4. The van der Waals surface area contributed by atoms with E-state index < -0.39 is 16.1 Å². The minimum Gasteiger partial charge on any atom is -0.355 e. The molecule has 0 aliphatic heterocycles. The van der Waals surface area contributed by atoms with Gasteiger partial charge in [-0.1, -0.05) is 25.4 Å². The summed E-state index contributed by atoms with van der Waals surface area (Å²) in [5, 5.41) is 3.10. The van der Waals surface area contributed by atoms with E-state index in [1.807, 2.05) is 13.8 Å². The van der Waals surface area contributed by atoms with Gasteiger partial charge in [0.25, 0.3) is 0 Å².